The lowest BCUT2D eigenvalue weighted by molar-refractivity contribution is -0.137. The molecule has 0 bridgehead atoms. The number of hydrogen-bond acceptors (Lipinski definition) is 2. The highest BCUT2D eigenvalue weighted by Gasteiger charge is 2.06. The van der Waals surface area contributed by atoms with Gasteiger partial charge >= 0.3 is 5.97 Å². The minimum Gasteiger partial charge on any atom is -0.491 e. The van der Waals surface area contributed by atoms with Gasteiger partial charge in [0, 0.05) is 17.1 Å². The van der Waals surface area contributed by atoms with Gasteiger partial charge in [-0.25, -0.2) is 0 Å². The van der Waals surface area contributed by atoms with Crippen LogP contribution >= 0.6 is 0 Å². The van der Waals surface area contributed by atoms with Crippen LogP contribution in [0.15, 0.2) is 30.5 Å². The van der Waals surface area contributed by atoms with Gasteiger partial charge in [-0.05, 0) is 38.1 Å². The third-order valence-corrected chi connectivity index (χ3v) is 2.42. The van der Waals surface area contributed by atoms with Crippen LogP contribution in [-0.2, 0) is 11.3 Å². The third-order valence-electron chi connectivity index (χ3n) is 2.42. The number of benzene rings is 1. The maximum Gasteiger partial charge on any atom is 0.323 e. The number of fused-ring (bicyclic) bond motifs is 1. The van der Waals surface area contributed by atoms with Crippen molar-refractivity contribution in [3.63, 3.8) is 0 Å². The Hall–Kier alpha value is -1.97. The summed E-state index contributed by atoms with van der Waals surface area (Å²) in [4.78, 5) is 10.7. The molecule has 0 saturated carbocycles. The first kappa shape index (κ1) is 11.5. The Morgan fingerprint density at radius 1 is 1.41 bits per heavy atom. The van der Waals surface area contributed by atoms with E-state index in [0.29, 0.717) is 0 Å². The molecular formula is C13H15NO3. The summed E-state index contributed by atoms with van der Waals surface area (Å²) in [6.45, 7) is 3.92. The Labute approximate surface area is 99.4 Å². The number of carboxylic acid groups (broad SMARTS) is 1. The number of aliphatic carboxylic acids is 1. The molecule has 0 unspecified atom stereocenters. The Balaban J connectivity index is 2.34. The van der Waals surface area contributed by atoms with Gasteiger partial charge in [0.25, 0.3) is 0 Å². The molecule has 0 aliphatic carbocycles. The van der Waals surface area contributed by atoms with Crippen molar-refractivity contribution in [3.8, 4) is 5.75 Å². The predicted octanol–water partition coefficient (Wildman–Crippen LogP) is 2.51. The maximum atomic E-state index is 10.7. The monoisotopic (exact) mass is 233 g/mol. The van der Waals surface area contributed by atoms with Crippen molar-refractivity contribution in [1.82, 2.24) is 4.57 Å². The summed E-state index contributed by atoms with van der Waals surface area (Å²) in [6, 6.07) is 7.57. The standard InChI is InChI=1S/C13H15NO3/c1-9(2)17-11-3-4-12-10(7-11)5-6-14(12)8-13(15)16/h3-7,9H,8H2,1-2H3,(H,15,16). The van der Waals surface area contributed by atoms with Crippen LogP contribution in [0.1, 0.15) is 13.8 Å². The molecule has 0 aliphatic rings. The molecule has 1 aromatic heterocycles. The molecule has 0 radical (unpaired) electrons. The number of aromatic nitrogens is 1. The summed E-state index contributed by atoms with van der Waals surface area (Å²) >= 11 is 0. The van der Waals surface area contributed by atoms with Crippen molar-refractivity contribution in [3.05, 3.63) is 30.5 Å². The van der Waals surface area contributed by atoms with Crippen molar-refractivity contribution in [1.29, 1.82) is 0 Å². The average Bonchev–Trinajstić information content (AvgIpc) is 2.59. The van der Waals surface area contributed by atoms with E-state index in [-0.39, 0.29) is 12.6 Å². The van der Waals surface area contributed by atoms with E-state index in [1.54, 1.807) is 10.8 Å². The van der Waals surface area contributed by atoms with E-state index in [1.807, 2.05) is 38.1 Å². The lowest BCUT2D eigenvalue weighted by Gasteiger charge is -2.09. The molecule has 1 aromatic carbocycles. The lowest BCUT2D eigenvalue weighted by Crippen LogP contribution is -2.07. The Kier molecular flexibility index (Phi) is 3.04. The first-order valence-electron chi connectivity index (χ1n) is 5.53. The summed E-state index contributed by atoms with van der Waals surface area (Å²) < 4.78 is 7.29. The van der Waals surface area contributed by atoms with Gasteiger partial charge in [-0.15, -0.1) is 0 Å². The fraction of sp³-hybridized carbons (Fsp3) is 0.308. The van der Waals surface area contributed by atoms with Gasteiger partial charge in [0.05, 0.1) is 6.10 Å². The molecule has 1 N–H and O–H groups in total. The summed E-state index contributed by atoms with van der Waals surface area (Å²) in [6.07, 6.45) is 1.91. The molecule has 0 saturated heterocycles. The number of ether oxygens (including phenoxy) is 1. The largest absolute Gasteiger partial charge is 0.491 e. The van der Waals surface area contributed by atoms with E-state index in [4.69, 9.17) is 9.84 Å². The van der Waals surface area contributed by atoms with Crippen molar-refractivity contribution in [2.75, 3.05) is 0 Å². The van der Waals surface area contributed by atoms with E-state index < -0.39 is 5.97 Å². The minimum absolute atomic E-state index is 0.0200. The molecule has 0 spiro atoms. The number of nitrogens with zero attached hydrogens (tertiary/aromatic N) is 1. The SMILES string of the molecule is CC(C)Oc1ccc2c(ccn2CC(=O)O)c1. The third kappa shape index (κ3) is 2.58. The summed E-state index contributed by atoms with van der Waals surface area (Å²) in [5, 5.41) is 9.76. The normalized spacial score (nSPS) is 11.0. The average molecular weight is 233 g/mol. The molecule has 2 aromatic rings. The number of carbonyl (C=O) groups is 1. The van der Waals surface area contributed by atoms with Crippen molar-refractivity contribution >= 4 is 16.9 Å². The molecule has 2 rings (SSSR count). The number of hydrogen-bond donors (Lipinski definition) is 1. The highest BCUT2D eigenvalue weighted by atomic mass is 16.5. The zero-order valence-electron chi connectivity index (χ0n) is 9.88. The van der Waals surface area contributed by atoms with Crippen LogP contribution in [-0.4, -0.2) is 21.7 Å². The Morgan fingerprint density at radius 2 is 2.18 bits per heavy atom. The van der Waals surface area contributed by atoms with Gasteiger partial charge in [0.2, 0.25) is 0 Å². The van der Waals surface area contributed by atoms with Gasteiger partial charge in [0.1, 0.15) is 12.3 Å². The molecule has 90 valence electrons. The Bertz CT molecular complexity index is 543. The van der Waals surface area contributed by atoms with Crippen LogP contribution in [0.3, 0.4) is 0 Å². The first-order chi connectivity index (χ1) is 8.06. The first-order valence-corrected chi connectivity index (χ1v) is 5.53. The van der Waals surface area contributed by atoms with Crippen LogP contribution in [0, 0.1) is 0 Å². The molecule has 0 fully saturated rings. The van der Waals surface area contributed by atoms with Crippen LogP contribution in [0.4, 0.5) is 0 Å². The molecule has 0 amide bonds. The number of rotatable bonds is 4. The molecule has 0 aliphatic heterocycles. The summed E-state index contributed by atoms with van der Waals surface area (Å²) in [7, 11) is 0. The number of carboxylic acids is 1. The molecule has 0 atom stereocenters. The van der Waals surface area contributed by atoms with Gasteiger partial charge < -0.3 is 14.4 Å². The van der Waals surface area contributed by atoms with E-state index in [1.165, 1.54) is 0 Å². The molecule has 4 nitrogen and oxygen atoms in total. The fourth-order valence-electron chi connectivity index (χ4n) is 1.81. The molecule has 4 heteroatoms. The topological polar surface area (TPSA) is 51.5 Å². The summed E-state index contributed by atoms with van der Waals surface area (Å²) in [5.74, 6) is -0.0365. The van der Waals surface area contributed by atoms with E-state index >= 15 is 0 Å². The quantitative estimate of drug-likeness (QED) is 0.882. The van der Waals surface area contributed by atoms with E-state index in [0.717, 1.165) is 16.7 Å². The molecule has 1 heterocycles. The highest BCUT2D eigenvalue weighted by Crippen LogP contribution is 2.22. The van der Waals surface area contributed by atoms with Gasteiger partial charge in [0.15, 0.2) is 0 Å². The molecular weight excluding hydrogens is 218 g/mol. The summed E-state index contributed by atoms with van der Waals surface area (Å²) in [5.41, 5.74) is 0.906. The van der Waals surface area contributed by atoms with Crippen LogP contribution in [0.5, 0.6) is 5.75 Å². The predicted molar refractivity (Wildman–Crippen MR) is 65.3 cm³/mol. The van der Waals surface area contributed by atoms with E-state index in [2.05, 4.69) is 0 Å². The van der Waals surface area contributed by atoms with Gasteiger partial charge in [-0.3, -0.25) is 4.79 Å². The zero-order chi connectivity index (χ0) is 12.4. The second-order valence-electron chi connectivity index (χ2n) is 4.22. The van der Waals surface area contributed by atoms with Crippen LogP contribution < -0.4 is 4.74 Å². The maximum absolute atomic E-state index is 10.7. The van der Waals surface area contributed by atoms with Crippen LogP contribution in [0.25, 0.3) is 10.9 Å². The zero-order valence-corrected chi connectivity index (χ0v) is 9.88. The lowest BCUT2D eigenvalue weighted by atomic mass is 10.2. The van der Waals surface area contributed by atoms with E-state index in [9.17, 15) is 4.79 Å². The van der Waals surface area contributed by atoms with Crippen molar-refractivity contribution in [2.24, 2.45) is 0 Å². The second-order valence-corrected chi connectivity index (χ2v) is 4.22. The van der Waals surface area contributed by atoms with Crippen molar-refractivity contribution in [2.45, 2.75) is 26.5 Å². The van der Waals surface area contributed by atoms with Gasteiger partial charge in [-0.2, -0.15) is 0 Å². The molecule has 17 heavy (non-hydrogen) atoms. The fourth-order valence-corrected chi connectivity index (χ4v) is 1.81. The Morgan fingerprint density at radius 3 is 2.82 bits per heavy atom. The highest BCUT2D eigenvalue weighted by molar-refractivity contribution is 5.83. The second kappa shape index (κ2) is 4.49. The smallest absolute Gasteiger partial charge is 0.323 e. The minimum atomic E-state index is -0.843. The van der Waals surface area contributed by atoms with Crippen molar-refractivity contribution < 1.29 is 14.6 Å². The van der Waals surface area contributed by atoms with Crippen LogP contribution in [0.2, 0.25) is 0 Å². The van der Waals surface area contributed by atoms with Gasteiger partial charge in [-0.1, -0.05) is 0 Å².